The van der Waals surface area contributed by atoms with Gasteiger partial charge in [0.15, 0.2) is 0 Å². The molecule has 0 spiro atoms. The minimum atomic E-state index is -0.823. The van der Waals surface area contributed by atoms with Crippen LogP contribution in [0.1, 0.15) is 42.6 Å². The van der Waals surface area contributed by atoms with Crippen LogP contribution in [0.25, 0.3) is 0 Å². The van der Waals surface area contributed by atoms with Crippen LogP contribution in [0.15, 0.2) is 54.6 Å². The molecule has 0 aliphatic carbocycles. The molecule has 3 N–H and O–H groups in total. The van der Waals surface area contributed by atoms with Crippen LogP contribution >= 0.6 is 11.8 Å². The third-order valence-electron chi connectivity index (χ3n) is 5.92. The van der Waals surface area contributed by atoms with Crippen LogP contribution in [0, 0.1) is 11.8 Å². The van der Waals surface area contributed by atoms with Gasteiger partial charge in [0.05, 0.1) is 13.0 Å². The molecule has 3 amide bonds. The second-order valence-electron chi connectivity index (χ2n) is 9.15. The standard InChI is InChI=1S/C28H37N3O5S/c1-18(2)15-22(24(17-25(32)29-3)37-28(35)20-9-7-6-8-10-20)26(33)31-23(27(34)30-4)16-19-11-13-21(36-5)14-12-19/h6-14,18,22-24H,15-17H2,1-5H3,(H,29,32)(H,30,34)(H,31,33)/t22?,23-,24?/m0/s1. The molecule has 0 aliphatic heterocycles. The highest BCUT2D eigenvalue weighted by molar-refractivity contribution is 8.14. The fourth-order valence-electron chi connectivity index (χ4n) is 3.93. The first-order chi connectivity index (χ1) is 17.7. The van der Waals surface area contributed by atoms with Crippen LogP contribution in [0.4, 0.5) is 0 Å². The minimum absolute atomic E-state index is 0.00628. The number of thioether (sulfide) groups is 1. The minimum Gasteiger partial charge on any atom is -0.497 e. The number of carbonyl (C=O) groups is 4. The van der Waals surface area contributed by atoms with Crippen LogP contribution in [0.2, 0.25) is 0 Å². The first-order valence-electron chi connectivity index (χ1n) is 12.3. The third kappa shape index (κ3) is 9.57. The van der Waals surface area contributed by atoms with E-state index in [1.54, 1.807) is 43.5 Å². The van der Waals surface area contributed by atoms with Crippen LogP contribution in [-0.4, -0.2) is 55.3 Å². The molecule has 2 aromatic rings. The predicted octanol–water partition coefficient (Wildman–Crippen LogP) is 3.21. The molecule has 0 heterocycles. The molecular formula is C28H37N3O5S. The zero-order valence-corrected chi connectivity index (χ0v) is 22.9. The van der Waals surface area contributed by atoms with Crippen molar-refractivity contribution in [2.24, 2.45) is 11.8 Å². The molecule has 0 aromatic heterocycles. The molecule has 3 atom stereocenters. The second-order valence-corrected chi connectivity index (χ2v) is 10.4. The van der Waals surface area contributed by atoms with Crippen molar-refractivity contribution in [1.82, 2.24) is 16.0 Å². The molecule has 0 fully saturated rings. The third-order valence-corrected chi connectivity index (χ3v) is 7.17. The van der Waals surface area contributed by atoms with E-state index in [2.05, 4.69) is 16.0 Å². The Morgan fingerprint density at radius 2 is 1.54 bits per heavy atom. The van der Waals surface area contributed by atoms with Crippen molar-refractivity contribution in [3.8, 4) is 5.75 Å². The maximum atomic E-state index is 13.7. The van der Waals surface area contributed by atoms with Crippen molar-refractivity contribution in [2.45, 2.75) is 44.4 Å². The van der Waals surface area contributed by atoms with E-state index in [0.29, 0.717) is 17.7 Å². The van der Waals surface area contributed by atoms with Gasteiger partial charge in [-0.05, 0) is 30.0 Å². The van der Waals surface area contributed by atoms with Gasteiger partial charge in [-0.3, -0.25) is 19.2 Å². The molecule has 0 aliphatic rings. The van der Waals surface area contributed by atoms with E-state index in [-0.39, 0.29) is 41.6 Å². The summed E-state index contributed by atoms with van der Waals surface area (Å²) in [4.78, 5) is 51.8. The van der Waals surface area contributed by atoms with Gasteiger partial charge in [-0.1, -0.05) is 68.1 Å². The zero-order valence-electron chi connectivity index (χ0n) is 22.1. The Kier molecular flexibility index (Phi) is 12.2. The lowest BCUT2D eigenvalue weighted by Crippen LogP contribution is -2.50. The number of amides is 3. The Morgan fingerprint density at radius 1 is 0.892 bits per heavy atom. The summed E-state index contributed by atoms with van der Waals surface area (Å²) in [6, 6.07) is 15.2. The fraction of sp³-hybridized carbons (Fsp3) is 0.429. The second kappa shape index (κ2) is 15.0. The summed E-state index contributed by atoms with van der Waals surface area (Å²) >= 11 is 0.994. The highest BCUT2D eigenvalue weighted by atomic mass is 32.2. The fourth-order valence-corrected chi connectivity index (χ4v) is 5.11. The summed E-state index contributed by atoms with van der Waals surface area (Å²) in [5.41, 5.74) is 1.35. The Balaban J connectivity index is 2.31. The molecule has 0 bridgehead atoms. The van der Waals surface area contributed by atoms with E-state index in [1.165, 1.54) is 14.1 Å². The SMILES string of the molecule is CNC(=O)CC(SC(=O)c1ccccc1)C(CC(C)C)C(=O)N[C@@H](Cc1ccc(OC)cc1)C(=O)NC. The number of hydrogen-bond acceptors (Lipinski definition) is 6. The van der Waals surface area contributed by atoms with Crippen LogP contribution in [-0.2, 0) is 20.8 Å². The predicted molar refractivity (Wildman–Crippen MR) is 146 cm³/mol. The monoisotopic (exact) mass is 527 g/mol. The van der Waals surface area contributed by atoms with E-state index in [1.807, 2.05) is 32.0 Å². The van der Waals surface area contributed by atoms with E-state index in [0.717, 1.165) is 17.3 Å². The number of ether oxygens (including phenoxy) is 1. The number of carbonyl (C=O) groups excluding carboxylic acids is 4. The summed E-state index contributed by atoms with van der Waals surface area (Å²) in [7, 11) is 4.62. The highest BCUT2D eigenvalue weighted by Crippen LogP contribution is 2.31. The molecule has 200 valence electrons. The van der Waals surface area contributed by atoms with Gasteiger partial charge in [-0.2, -0.15) is 0 Å². The van der Waals surface area contributed by atoms with Gasteiger partial charge in [-0.25, -0.2) is 0 Å². The number of rotatable bonds is 13. The molecule has 0 saturated carbocycles. The molecule has 0 saturated heterocycles. The Hall–Kier alpha value is -3.33. The number of benzene rings is 2. The van der Waals surface area contributed by atoms with Crippen molar-refractivity contribution in [3.05, 3.63) is 65.7 Å². The maximum Gasteiger partial charge on any atom is 0.242 e. The molecule has 0 radical (unpaired) electrons. The quantitative estimate of drug-likeness (QED) is 0.369. The van der Waals surface area contributed by atoms with Gasteiger partial charge < -0.3 is 20.7 Å². The van der Waals surface area contributed by atoms with Crippen molar-refractivity contribution >= 4 is 34.6 Å². The smallest absolute Gasteiger partial charge is 0.242 e. The lowest BCUT2D eigenvalue weighted by atomic mass is 9.90. The van der Waals surface area contributed by atoms with Crippen molar-refractivity contribution in [2.75, 3.05) is 21.2 Å². The molecule has 2 rings (SSSR count). The normalized spacial score (nSPS) is 13.2. The highest BCUT2D eigenvalue weighted by Gasteiger charge is 2.35. The first-order valence-corrected chi connectivity index (χ1v) is 13.2. The number of methoxy groups -OCH3 is 1. The zero-order chi connectivity index (χ0) is 27.4. The van der Waals surface area contributed by atoms with Gasteiger partial charge in [0.1, 0.15) is 11.8 Å². The van der Waals surface area contributed by atoms with E-state index >= 15 is 0 Å². The van der Waals surface area contributed by atoms with Crippen molar-refractivity contribution in [3.63, 3.8) is 0 Å². The van der Waals surface area contributed by atoms with Crippen LogP contribution < -0.4 is 20.7 Å². The van der Waals surface area contributed by atoms with E-state index < -0.39 is 17.2 Å². The average Bonchev–Trinajstić information content (AvgIpc) is 2.91. The van der Waals surface area contributed by atoms with Crippen LogP contribution in [0.5, 0.6) is 5.75 Å². The van der Waals surface area contributed by atoms with Crippen molar-refractivity contribution in [1.29, 1.82) is 0 Å². The van der Waals surface area contributed by atoms with Gasteiger partial charge in [0, 0.05) is 37.8 Å². The van der Waals surface area contributed by atoms with Gasteiger partial charge in [0.25, 0.3) is 0 Å². The maximum absolute atomic E-state index is 13.7. The van der Waals surface area contributed by atoms with Crippen LogP contribution in [0.3, 0.4) is 0 Å². The average molecular weight is 528 g/mol. The Labute approximate surface area is 223 Å². The molecule has 8 nitrogen and oxygen atoms in total. The summed E-state index contributed by atoms with van der Waals surface area (Å²) in [5.74, 6) is -0.811. The number of hydrogen-bond donors (Lipinski definition) is 3. The Morgan fingerprint density at radius 3 is 2.08 bits per heavy atom. The largest absolute Gasteiger partial charge is 0.497 e. The Bertz CT molecular complexity index is 1040. The summed E-state index contributed by atoms with van der Waals surface area (Å²) in [6.07, 6.45) is 0.721. The van der Waals surface area contributed by atoms with Gasteiger partial charge >= 0.3 is 0 Å². The molecule has 9 heteroatoms. The van der Waals surface area contributed by atoms with E-state index in [4.69, 9.17) is 4.74 Å². The molecule has 37 heavy (non-hydrogen) atoms. The van der Waals surface area contributed by atoms with Crippen molar-refractivity contribution < 1.29 is 23.9 Å². The molecule has 2 aromatic carbocycles. The molecular weight excluding hydrogens is 490 g/mol. The summed E-state index contributed by atoms with van der Waals surface area (Å²) < 4.78 is 5.20. The summed E-state index contributed by atoms with van der Waals surface area (Å²) in [6.45, 7) is 3.96. The lowest BCUT2D eigenvalue weighted by molar-refractivity contribution is -0.131. The topological polar surface area (TPSA) is 114 Å². The lowest BCUT2D eigenvalue weighted by Gasteiger charge is -2.28. The van der Waals surface area contributed by atoms with Gasteiger partial charge in [0.2, 0.25) is 22.8 Å². The first kappa shape index (κ1) is 29.9. The number of nitrogens with one attached hydrogen (secondary N) is 3. The van der Waals surface area contributed by atoms with E-state index in [9.17, 15) is 19.2 Å². The molecule has 2 unspecified atom stereocenters. The number of likely N-dealkylation sites (N-methyl/N-ethyl adjacent to an activating group) is 1. The summed E-state index contributed by atoms with van der Waals surface area (Å²) in [5, 5.41) is 7.29. The van der Waals surface area contributed by atoms with Gasteiger partial charge in [-0.15, -0.1) is 0 Å².